The van der Waals surface area contributed by atoms with E-state index in [4.69, 9.17) is 15.7 Å². The molecule has 2 N–H and O–H groups in total. The van der Waals surface area contributed by atoms with E-state index in [9.17, 15) is 4.39 Å². The molecule has 6 rings (SSSR count). The molecule has 1 aliphatic carbocycles. The Bertz CT molecular complexity index is 1380. The lowest BCUT2D eigenvalue weighted by Crippen LogP contribution is -2.44. The van der Waals surface area contributed by atoms with E-state index in [0.29, 0.717) is 11.3 Å². The molecule has 2 aliphatic rings. The second kappa shape index (κ2) is 8.32. The standard InChI is InChI=1S/C26H27FN6.ClH/c1-16-7-8-19-21(30-16)15-26(24(19)28)10-13-32(14-11-26)25-22-9-12-29-33(22)23(17(2)31-25)18-5-3-4-6-20(18)27;/h3-9,12,24H,10-11,13-15,28H2,1-2H3;1H/t24-;/m1./s1. The Morgan fingerprint density at radius 1 is 1.03 bits per heavy atom. The lowest BCUT2D eigenvalue weighted by atomic mass is 9.73. The molecule has 1 aliphatic heterocycles. The SMILES string of the molecule is Cc1ccc2c(n1)CC1(CCN(c3nc(C)c(-c4ccccc4F)n4nccc34)CC1)[C@@H]2N.Cl. The third-order valence-corrected chi connectivity index (χ3v) is 7.55. The number of anilines is 1. The first kappa shape index (κ1) is 22.7. The lowest BCUT2D eigenvalue weighted by molar-refractivity contribution is 0.186. The third kappa shape index (κ3) is 3.37. The summed E-state index contributed by atoms with van der Waals surface area (Å²) in [6.45, 7) is 5.70. The van der Waals surface area contributed by atoms with Crippen molar-refractivity contribution >= 4 is 23.7 Å². The molecule has 1 fully saturated rings. The fraction of sp³-hybridized carbons (Fsp3) is 0.346. The zero-order valence-electron chi connectivity index (χ0n) is 19.3. The Hall–Kier alpha value is -3.03. The summed E-state index contributed by atoms with van der Waals surface area (Å²) in [6, 6.07) is 13.0. The number of hydrogen-bond donors (Lipinski definition) is 1. The van der Waals surface area contributed by atoms with Crippen LogP contribution in [0.1, 0.15) is 41.5 Å². The molecule has 0 unspecified atom stereocenters. The Morgan fingerprint density at radius 2 is 1.79 bits per heavy atom. The highest BCUT2D eigenvalue weighted by Gasteiger charge is 2.47. The summed E-state index contributed by atoms with van der Waals surface area (Å²) < 4.78 is 16.4. The number of aryl methyl sites for hydroxylation is 2. The van der Waals surface area contributed by atoms with Gasteiger partial charge in [-0.1, -0.05) is 18.2 Å². The molecule has 6 nitrogen and oxygen atoms in total. The first-order chi connectivity index (χ1) is 16.0. The van der Waals surface area contributed by atoms with Gasteiger partial charge >= 0.3 is 0 Å². The number of fused-ring (bicyclic) bond motifs is 2. The van der Waals surface area contributed by atoms with Crippen LogP contribution in [0.5, 0.6) is 0 Å². The molecule has 176 valence electrons. The number of piperidine rings is 1. The molecule has 0 bridgehead atoms. The van der Waals surface area contributed by atoms with Gasteiger partial charge in [-0.25, -0.2) is 13.9 Å². The van der Waals surface area contributed by atoms with Gasteiger partial charge < -0.3 is 10.6 Å². The molecule has 0 amide bonds. The summed E-state index contributed by atoms with van der Waals surface area (Å²) in [5.74, 6) is 0.628. The van der Waals surface area contributed by atoms with Crippen molar-refractivity contribution in [3.63, 3.8) is 0 Å². The number of pyridine rings is 1. The van der Waals surface area contributed by atoms with Crippen molar-refractivity contribution < 1.29 is 4.39 Å². The number of rotatable bonds is 2. The van der Waals surface area contributed by atoms with Gasteiger partial charge in [0.15, 0.2) is 5.82 Å². The highest BCUT2D eigenvalue weighted by molar-refractivity contribution is 5.85. The number of nitrogens with zero attached hydrogens (tertiary/aromatic N) is 5. The van der Waals surface area contributed by atoms with Crippen LogP contribution in [0, 0.1) is 25.1 Å². The minimum absolute atomic E-state index is 0. The quantitative estimate of drug-likeness (QED) is 0.447. The van der Waals surface area contributed by atoms with Crippen molar-refractivity contribution in [2.45, 2.75) is 39.2 Å². The molecular weight excluding hydrogens is 451 g/mol. The van der Waals surface area contributed by atoms with Crippen molar-refractivity contribution in [2.75, 3.05) is 18.0 Å². The van der Waals surface area contributed by atoms with Crippen molar-refractivity contribution in [3.05, 3.63) is 77.1 Å². The minimum Gasteiger partial charge on any atom is -0.355 e. The largest absolute Gasteiger partial charge is 0.355 e. The molecule has 0 radical (unpaired) electrons. The van der Waals surface area contributed by atoms with Gasteiger partial charge in [-0.2, -0.15) is 5.10 Å². The van der Waals surface area contributed by atoms with Gasteiger partial charge in [0.05, 0.1) is 17.6 Å². The van der Waals surface area contributed by atoms with Gasteiger partial charge in [-0.15, -0.1) is 12.4 Å². The van der Waals surface area contributed by atoms with Crippen LogP contribution in [0.25, 0.3) is 16.8 Å². The molecule has 3 aromatic heterocycles. The molecule has 1 aromatic carbocycles. The number of benzene rings is 1. The van der Waals surface area contributed by atoms with E-state index in [2.05, 4.69) is 22.1 Å². The Kier molecular flexibility index (Phi) is 5.57. The predicted octanol–water partition coefficient (Wildman–Crippen LogP) is 4.81. The summed E-state index contributed by atoms with van der Waals surface area (Å²) >= 11 is 0. The number of nitrogens with two attached hydrogens (primary N) is 1. The molecule has 1 saturated heterocycles. The van der Waals surface area contributed by atoms with E-state index < -0.39 is 0 Å². The smallest absolute Gasteiger partial charge is 0.155 e. The molecule has 1 atom stereocenters. The fourth-order valence-corrected chi connectivity index (χ4v) is 5.74. The zero-order chi connectivity index (χ0) is 22.7. The molecule has 0 saturated carbocycles. The van der Waals surface area contributed by atoms with Crippen LogP contribution >= 0.6 is 12.4 Å². The van der Waals surface area contributed by atoms with E-state index in [0.717, 1.165) is 60.8 Å². The molecule has 4 heterocycles. The monoisotopic (exact) mass is 478 g/mol. The van der Waals surface area contributed by atoms with Gasteiger partial charge in [0, 0.05) is 36.1 Å². The summed E-state index contributed by atoms with van der Waals surface area (Å²) in [5.41, 5.74) is 13.1. The highest BCUT2D eigenvalue weighted by atomic mass is 35.5. The maximum absolute atomic E-state index is 14.6. The molecular formula is C26H28ClFN6. The van der Waals surface area contributed by atoms with Crippen LogP contribution in [0.15, 0.2) is 48.7 Å². The first-order valence-electron chi connectivity index (χ1n) is 11.5. The topological polar surface area (TPSA) is 72.3 Å². The summed E-state index contributed by atoms with van der Waals surface area (Å²) in [6.07, 6.45) is 4.67. The molecule has 1 spiro atoms. The second-order valence-electron chi connectivity index (χ2n) is 9.47. The average molecular weight is 479 g/mol. The molecule has 34 heavy (non-hydrogen) atoms. The third-order valence-electron chi connectivity index (χ3n) is 7.55. The van der Waals surface area contributed by atoms with Crippen LogP contribution < -0.4 is 10.6 Å². The zero-order valence-corrected chi connectivity index (χ0v) is 20.1. The second-order valence-corrected chi connectivity index (χ2v) is 9.47. The van der Waals surface area contributed by atoms with Crippen molar-refractivity contribution in [2.24, 2.45) is 11.1 Å². The van der Waals surface area contributed by atoms with Gasteiger partial charge in [0.1, 0.15) is 11.3 Å². The first-order valence-corrected chi connectivity index (χ1v) is 11.5. The van der Waals surface area contributed by atoms with Crippen LogP contribution in [0.3, 0.4) is 0 Å². The minimum atomic E-state index is -0.273. The van der Waals surface area contributed by atoms with Gasteiger partial charge in [-0.3, -0.25) is 4.98 Å². The highest BCUT2D eigenvalue weighted by Crippen LogP contribution is 2.50. The van der Waals surface area contributed by atoms with Crippen LogP contribution in [0.2, 0.25) is 0 Å². The van der Waals surface area contributed by atoms with Crippen molar-refractivity contribution in [1.82, 2.24) is 19.6 Å². The summed E-state index contributed by atoms with van der Waals surface area (Å²) in [7, 11) is 0. The summed E-state index contributed by atoms with van der Waals surface area (Å²) in [4.78, 5) is 12.1. The van der Waals surface area contributed by atoms with E-state index in [1.54, 1.807) is 18.3 Å². The Balaban J connectivity index is 0.00000241. The maximum atomic E-state index is 14.6. The Morgan fingerprint density at radius 3 is 2.56 bits per heavy atom. The number of aromatic nitrogens is 4. The van der Waals surface area contributed by atoms with Crippen LogP contribution in [-0.4, -0.2) is 32.7 Å². The average Bonchev–Trinajstić information content (AvgIpc) is 3.38. The van der Waals surface area contributed by atoms with E-state index in [-0.39, 0.29) is 29.7 Å². The Labute approximate surface area is 204 Å². The van der Waals surface area contributed by atoms with Gasteiger partial charge in [-0.05, 0) is 68.4 Å². The molecule has 4 aromatic rings. The lowest BCUT2D eigenvalue weighted by Gasteiger charge is -2.42. The fourth-order valence-electron chi connectivity index (χ4n) is 5.74. The van der Waals surface area contributed by atoms with Gasteiger partial charge in [0.2, 0.25) is 0 Å². The van der Waals surface area contributed by atoms with E-state index >= 15 is 0 Å². The van der Waals surface area contributed by atoms with Gasteiger partial charge in [0.25, 0.3) is 0 Å². The number of halogens is 2. The summed E-state index contributed by atoms with van der Waals surface area (Å²) in [5, 5.41) is 4.53. The van der Waals surface area contributed by atoms with Crippen LogP contribution in [0.4, 0.5) is 10.2 Å². The van der Waals surface area contributed by atoms with Crippen molar-refractivity contribution in [3.8, 4) is 11.3 Å². The van der Waals surface area contributed by atoms with Crippen molar-refractivity contribution in [1.29, 1.82) is 0 Å². The predicted molar refractivity (Wildman–Crippen MR) is 134 cm³/mol. The van der Waals surface area contributed by atoms with E-state index in [1.165, 1.54) is 11.6 Å². The maximum Gasteiger partial charge on any atom is 0.155 e. The van der Waals surface area contributed by atoms with Crippen LogP contribution in [-0.2, 0) is 6.42 Å². The molecule has 8 heteroatoms. The van der Waals surface area contributed by atoms with E-state index in [1.807, 2.05) is 30.5 Å². The number of hydrogen-bond acceptors (Lipinski definition) is 5. The normalized spacial score (nSPS) is 18.8.